The number of hydrogen-bond acceptors (Lipinski definition) is 6. The van der Waals surface area contributed by atoms with Crippen LogP contribution in [0, 0.1) is 0 Å². The smallest absolute Gasteiger partial charge is 0.341 e. The predicted molar refractivity (Wildman–Crippen MR) is 111 cm³/mol. The first-order valence-electron chi connectivity index (χ1n) is 9.79. The number of nitrogens with zero attached hydrogens (tertiary/aromatic N) is 1. The lowest BCUT2D eigenvalue weighted by molar-refractivity contribution is 0.0339. The van der Waals surface area contributed by atoms with Gasteiger partial charge in [0, 0.05) is 22.9 Å². The first-order valence-corrected chi connectivity index (χ1v) is 10.6. The Labute approximate surface area is 171 Å². The third-order valence-corrected chi connectivity index (χ3v) is 6.70. The molecule has 7 heteroatoms. The van der Waals surface area contributed by atoms with Crippen molar-refractivity contribution in [1.82, 2.24) is 4.98 Å². The lowest BCUT2D eigenvalue weighted by Gasteiger charge is -2.21. The molecule has 0 spiro atoms. The van der Waals surface area contributed by atoms with Crippen LogP contribution in [-0.2, 0) is 15.9 Å². The maximum Gasteiger partial charge on any atom is 0.341 e. The summed E-state index contributed by atoms with van der Waals surface area (Å²) in [5, 5.41) is 5.17. The summed E-state index contributed by atoms with van der Waals surface area (Å²) >= 11 is 1.42. The van der Waals surface area contributed by atoms with Gasteiger partial charge in [-0.1, -0.05) is 24.3 Å². The molecular weight excluding hydrogens is 388 g/mol. The maximum atomic E-state index is 13.1. The summed E-state index contributed by atoms with van der Waals surface area (Å²) in [7, 11) is 0. The second-order valence-electron chi connectivity index (χ2n) is 7.23. The molecule has 1 N–H and O–H groups in total. The van der Waals surface area contributed by atoms with E-state index in [9.17, 15) is 9.59 Å². The third-order valence-electron chi connectivity index (χ3n) is 5.47. The Morgan fingerprint density at radius 1 is 1.28 bits per heavy atom. The quantitative estimate of drug-likeness (QED) is 0.643. The minimum absolute atomic E-state index is 0.00302. The van der Waals surface area contributed by atoms with Gasteiger partial charge in [-0.25, -0.2) is 4.79 Å². The van der Waals surface area contributed by atoms with Crippen LogP contribution in [0.2, 0.25) is 0 Å². The molecule has 2 atom stereocenters. The van der Waals surface area contributed by atoms with Crippen molar-refractivity contribution < 1.29 is 19.1 Å². The monoisotopic (exact) mass is 408 g/mol. The van der Waals surface area contributed by atoms with Gasteiger partial charge in [0.05, 0.1) is 24.4 Å². The van der Waals surface area contributed by atoms with Gasteiger partial charge in [0.1, 0.15) is 10.7 Å². The molecule has 1 aromatic carbocycles. The number of fused-ring (bicyclic) bond motifs is 5. The van der Waals surface area contributed by atoms with Gasteiger partial charge >= 0.3 is 5.97 Å². The average Bonchev–Trinajstić information content (AvgIpc) is 3.29. The largest absolute Gasteiger partial charge is 0.462 e. The van der Waals surface area contributed by atoms with E-state index < -0.39 is 5.97 Å². The molecular formula is C22H20N2O4S. The number of rotatable bonds is 4. The molecule has 29 heavy (non-hydrogen) atoms. The van der Waals surface area contributed by atoms with Gasteiger partial charge in [-0.05, 0) is 36.8 Å². The highest BCUT2D eigenvalue weighted by molar-refractivity contribution is 7.17. The number of aromatic nitrogens is 1. The molecule has 3 aromatic rings. The molecule has 148 valence electrons. The molecule has 0 radical (unpaired) electrons. The van der Waals surface area contributed by atoms with Gasteiger partial charge < -0.3 is 14.8 Å². The zero-order chi connectivity index (χ0) is 20.0. The van der Waals surface area contributed by atoms with E-state index in [1.165, 1.54) is 11.3 Å². The van der Waals surface area contributed by atoms with E-state index in [0.29, 0.717) is 22.7 Å². The summed E-state index contributed by atoms with van der Waals surface area (Å²) in [5.74, 6) is -0.732. The molecule has 1 amide bonds. The molecule has 2 aromatic heterocycles. The minimum Gasteiger partial charge on any atom is -0.462 e. The van der Waals surface area contributed by atoms with E-state index in [-0.39, 0.29) is 24.7 Å². The summed E-state index contributed by atoms with van der Waals surface area (Å²) in [4.78, 5) is 31.1. The van der Waals surface area contributed by atoms with Crippen LogP contribution in [0.4, 0.5) is 5.00 Å². The zero-order valence-corrected chi connectivity index (χ0v) is 16.8. The van der Waals surface area contributed by atoms with Crippen molar-refractivity contribution in [1.29, 1.82) is 0 Å². The van der Waals surface area contributed by atoms with E-state index in [1.54, 1.807) is 13.1 Å². The van der Waals surface area contributed by atoms with Crippen molar-refractivity contribution in [2.45, 2.75) is 38.4 Å². The van der Waals surface area contributed by atoms with Crippen molar-refractivity contribution >= 4 is 39.0 Å². The fourth-order valence-corrected chi connectivity index (χ4v) is 5.48. The number of carbonyl (C=O) groups excluding carboxylic acids is 2. The van der Waals surface area contributed by atoms with Gasteiger partial charge in [0.2, 0.25) is 0 Å². The first-order chi connectivity index (χ1) is 14.2. The highest BCUT2D eigenvalue weighted by Gasteiger charge is 2.39. The molecule has 2 unspecified atom stereocenters. The number of ether oxygens (including phenoxy) is 2. The van der Waals surface area contributed by atoms with Crippen molar-refractivity contribution in [3.05, 3.63) is 58.2 Å². The van der Waals surface area contributed by atoms with Crippen LogP contribution in [-0.4, -0.2) is 29.6 Å². The van der Waals surface area contributed by atoms with Crippen molar-refractivity contribution in [2.75, 3.05) is 11.9 Å². The summed E-state index contributed by atoms with van der Waals surface area (Å²) in [6.45, 7) is 2.06. The lowest BCUT2D eigenvalue weighted by atomic mass is 10.0. The average molecular weight is 408 g/mol. The Bertz CT molecular complexity index is 1120. The topological polar surface area (TPSA) is 77.5 Å². The molecule has 0 aliphatic carbocycles. The van der Waals surface area contributed by atoms with Gasteiger partial charge in [-0.15, -0.1) is 11.3 Å². The zero-order valence-electron chi connectivity index (χ0n) is 15.9. The van der Waals surface area contributed by atoms with Crippen LogP contribution in [0.3, 0.4) is 0 Å². The molecule has 2 aliphatic heterocycles. The fourth-order valence-electron chi connectivity index (χ4n) is 4.19. The van der Waals surface area contributed by atoms with E-state index in [2.05, 4.69) is 10.3 Å². The number of nitrogens with one attached hydrogen (secondary N) is 1. The number of hydrogen-bond donors (Lipinski definition) is 1. The van der Waals surface area contributed by atoms with Crippen molar-refractivity contribution in [3.8, 4) is 0 Å². The van der Waals surface area contributed by atoms with E-state index in [4.69, 9.17) is 9.47 Å². The molecule has 5 rings (SSSR count). The van der Waals surface area contributed by atoms with Crippen LogP contribution in [0.1, 0.15) is 57.2 Å². The number of anilines is 1. The fraction of sp³-hybridized carbons (Fsp3) is 0.318. The Morgan fingerprint density at radius 3 is 3.00 bits per heavy atom. The van der Waals surface area contributed by atoms with E-state index in [0.717, 1.165) is 34.1 Å². The number of esters is 1. The number of pyridine rings is 1. The normalized spacial score (nSPS) is 19.8. The van der Waals surface area contributed by atoms with Gasteiger partial charge in [-0.3, -0.25) is 9.78 Å². The van der Waals surface area contributed by atoms with Crippen LogP contribution in [0.25, 0.3) is 10.8 Å². The second-order valence-corrected chi connectivity index (χ2v) is 8.28. The molecule has 0 saturated carbocycles. The molecule has 1 saturated heterocycles. The summed E-state index contributed by atoms with van der Waals surface area (Å²) in [6, 6.07) is 9.48. The van der Waals surface area contributed by atoms with Crippen LogP contribution in [0.5, 0.6) is 0 Å². The Hall–Kier alpha value is -2.77. The first kappa shape index (κ1) is 18.3. The highest BCUT2D eigenvalue weighted by Crippen LogP contribution is 2.49. The SMILES string of the molecule is CCOC(=O)c1c(NC(=O)c2nccc3ccccc23)sc2c1CC1CCC2O1. The third kappa shape index (κ3) is 3.10. The number of carbonyl (C=O) groups is 2. The van der Waals surface area contributed by atoms with E-state index >= 15 is 0 Å². The predicted octanol–water partition coefficient (Wildman–Crippen LogP) is 4.50. The van der Waals surface area contributed by atoms with Gasteiger partial charge in [0.15, 0.2) is 0 Å². The van der Waals surface area contributed by atoms with Crippen LogP contribution >= 0.6 is 11.3 Å². The summed E-state index contributed by atoms with van der Waals surface area (Å²) < 4.78 is 11.3. The molecule has 2 aliphatic rings. The lowest BCUT2D eigenvalue weighted by Crippen LogP contribution is -2.20. The molecule has 6 nitrogen and oxygen atoms in total. The van der Waals surface area contributed by atoms with Crippen molar-refractivity contribution in [2.24, 2.45) is 0 Å². The maximum absolute atomic E-state index is 13.1. The van der Waals surface area contributed by atoms with Gasteiger partial charge in [0.25, 0.3) is 5.91 Å². The summed E-state index contributed by atoms with van der Waals surface area (Å²) in [6.07, 6.45) is 4.38. The van der Waals surface area contributed by atoms with Crippen LogP contribution in [0.15, 0.2) is 36.5 Å². The van der Waals surface area contributed by atoms with Gasteiger partial charge in [-0.2, -0.15) is 0 Å². The Morgan fingerprint density at radius 2 is 2.14 bits per heavy atom. The second kappa shape index (κ2) is 7.24. The highest BCUT2D eigenvalue weighted by atomic mass is 32.1. The molecule has 1 fully saturated rings. The minimum atomic E-state index is -0.396. The molecule has 4 heterocycles. The molecule has 2 bridgehead atoms. The van der Waals surface area contributed by atoms with Crippen molar-refractivity contribution in [3.63, 3.8) is 0 Å². The van der Waals surface area contributed by atoms with E-state index in [1.807, 2.05) is 30.3 Å². The summed E-state index contributed by atoms with van der Waals surface area (Å²) in [5.41, 5.74) is 1.77. The standard InChI is InChI=1S/C22H20N2O4S/c1-2-27-22(26)17-15-11-13-7-8-16(28-13)19(15)29-21(17)24-20(25)18-14-6-4-3-5-12(14)9-10-23-18/h3-6,9-10,13,16H,2,7-8,11H2,1H3,(H,24,25). The Balaban J connectivity index is 1.55. The Kier molecular flexibility index (Phi) is 4.56. The number of benzene rings is 1. The number of amides is 1. The van der Waals surface area contributed by atoms with Crippen LogP contribution < -0.4 is 5.32 Å². The number of thiophene rings is 1.